The summed E-state index contributed by atoms with van der Waals surface area (Å²) >= 11 is 0. The zero-order chi connectivity index (χ0) is 9.97. The predicted molar refractivity (Wildman–Crippen MR) is 56.1 cm³/mol. The molecule has 0 unspecified atom stereocenters. The Morgan fingerprint density at radius 2 is 2.07 bits per heavy atom. The lowest BCUT2D eigenvalue weighted by Crippen LogP contribution is -2.47. The quantitative estimate of drug-likeness (QED) is 0.732. The molecule has 1 N–H and O–H groups in total. The van der Waals surface area contributed by atoms with E-state index in [-0.39, 0.29) is 6.03 Å². The Morgan fingerprint density at radius 1 is 1.36 bits per heavy atom. The van der Waals surface area contributed by atoms with E-state index in [1.54, 1.807) is 0 Å². The first kappa shape index (κ1) is 9.81. The van der Waals surface area contributed by atoms with Crippen LogP contribution in [0.1, 0.15) is 39.0 Å². The number of nitrogens with one attached hydrogen (secondary N) is 1. The molecule has 2 fully saturated rings. The van der Waals surface area contributed by atoms with Gasteiger partial charge in [-0.3, -0.25) is 0 Å². The number of nitrogens with zero attached hydrogens (tertiary/aromatic N) is 1. The van der Waals surface area contributed by atoms with Crippen molar-refractivity contribution in [2.75, 3.05) is 13.1 Å². The van der Waals surface area contributed by atoms with Crippen molar-refractivity contribution in [1.82, 2.24) is 10.2 Å². The largest absolute Gasteiger partial charge is 0.335 e. The number of hydrogen-bond donors (Lipinski definition) is 1. The van der Waals surface area contributed by atoms with Crippen LogP contribution in [-0.2, 0) is 0 Å². The molecule has 0 aromatic rings. The van der Waals surface area contributed by atoms with Crippen LogP contribution in [0.15, 0.2) is 0 Å². The number of carbonyl (C=O) groups is 1. The summed E-state index contributed by atoms with van der Waals surface area (Å²) in [5, 5.41) is 3.09. The summed E-state index contributed by atoms with van der Waals surface area (Å²) in [6, 6.07) is 0.625. The first-order chi connectivity index (χ1) is 6.79. The van der Waals surface area contributed by atoms with Crippen LogP contribution >= 0.6 is 0 Å². The molecule has 0 saturated heterocycles. The molecule has 2 aliphatic rings. The summed E-state index contributed by atoms with van der Waals surface area (Å²) in [7, 11) is 0. The van der Waals surface area contributed by atoms with Crippen LogP contribution in [0.5, 0.6) is 0 Å². The van der Waals surface area contributed by atoms with Gasteiger partial charge in [0.15, 0.2) is 0 Å². The second-order valence-corrected chi connectivity index (χ2v) is 4.56. The summed E-state index contributed by atoms with van der Waals surface area (Å²) in [5.41, 5.74) is 0. The highest BCUT2D eigenvalue weighted by atomic mass is 16.2. The molecule has 2 rings (SSSR count). The molecular formula is C11H20N2O. The van der Waals surface area contributed by atoms with Gasteiger partial charge in [-0.1, -0.05) is 0 Å². The Morgan fingerprint density at radius 3 is 2.50 bits per heavy atom. The number of hydrogen-bond acceptors (Lipinski definition) is 1. The Kier molecular flexibility index (Phi) is 2.94. The second-order valence-electron chi connectivity index (χ2n) is 4.56. The number of carbonyl (C=O) groups excluding carboxylic acids is 1. The third kappa shape index (κ3) is 2.40. The van der Waals surface area contributed by atoms with Gasteiger partial charge in [0.05, 0.1) is 0 Å². The molecule has 0 spiro atoms. The fraction of sp³-hybridized carbons (Fsp3) is 0.909. The predicted octanol–water partition coefficient (Wildman–Crippen LogP) is 1.98. The molecule has 0 heterocycles. The van der Waals surface area contributed by atoms with Crippen LogP contribution in [0.3, 0.4) is 0 Å². The molecule has 0 aromatic carbocycles. The molecular weight excluding hydrogens is 176 g/mol. The van der Waals surface area contributed by atoms with Crippen LogP contribution in [0.2, 0.25) is 0 Å². The van der Waals surface area contributed by atoms with E-state index in [9.17, 15) is 4.79 Å². The molecule has 2 saturated carbocycles. The highest BCUT2D eigenvalue weighted by Gasteiger charge is 2.27. The van der Waals surface area contributed by atoms with Gasteiger partial charge >= 0.3 is 6.03 Å². The minimum absolute atomic E-state index is 0.157. The standard InChI is InChI=1S/C11H20N2O/c1-2-13(8-9-6-7-9)11(14)12-10-4-3-5-10/h9-10H,2-8H2,1H3,(H,12,14). The number of rotatable bonds is 4. The third-order valence-electron chi connectivity index (χ3n) is 3.28. The van der Waals surface area contributed by atoms with Gasteiger partial charge in [-0.15, -0.1) is 0 Å². The summed E-state index contributed by atoms with van der Waals surface area (Å²) in [6.45, 7) is 3.87. The van der Waals surface area contributed by atoms with Crippen molar-refractivity contribution in [3.05, 3.63) is 0 Å². The van der Waals surface area contributed by atoms with E-state index in [2.05, 4.69) is 12.2 Å². The van der Waals surface area contributed by atoms with Gasteiger partial charge in [-0.05, 0) is 44.9 Å². The fourth-order valence-electron chi connectivity index (χ4n) is 1.79. The Balaban J connectivity index is 1.73. The van der Waals surface area contributed by atoms with Crippen molar-refractivity contribution in [2.45, 2.75) is 45.1 Å². The van der Waals surface area contributed by atoms with Crippen LogP contribution in [-0.4, -0.2) is 30.1 Å². The molecule has 0 atom stereocenters. The minimum Gasteiger partial charge on any atom is -0.335 e. The maximum Gasteiger partial charge on any atom is 0.317 e. The molecule has 0 aromatic heterocycles. The first-order valence-corrected chi connectivity index (χ1v) is 5.85. The molecule has 3 nitrogen and oxygen atoms in total. The normalized spacial score (nSPS) is 21.5. The van der Waals surface area contributed by atoms with Gasteiger partial charge in [-0.2, -0.15) is 0 Å². The van der Waals surface area contributed by atoms with Crippen LogP contribution in [0.25, 0.3) is 0 Å². The van der Waals surface area contributed by atoms with E-state index in [4.69, 9.17) is 0 Å². The van der Waals surface area contributed by atoms with Crippen LogP contribution in [0, 0.1) is 5.92 Å². The molecule has 2 amide bonds. The van der Waals surface area contributed by atoms with Crippen molar-refractivity contribution in [3.63, 3.8) is 0 Å². The lowest BCUT2D eigenvalue weighted by atomic mass is 9.93. The summed E-state index contributed by atoms with van der Waals surface area (Å²) in [6.07, 6.45) is 6.25. The maximum absolute atomic E-state index is 11.8. The van der Waals surface area contributed by atoms with Crippen molar-refractivity contribution < 1.29 is 4.79 Å². The zero-order valence-corrected chi connectivity index (χ0v) is 8.96. The maximum atomic E-state index is 11.8. The topological polar surface area (TPSA) is 32.3 Å². The highest BCUT2D eigenvalue weighted by Crippen LogP contribution is 2.29. The van der Waals surface area contributed by atoms with Crippen LogP contribution < -0.4 is 5.32 Å². The van der Waals surface area contributed by atoms with E-state index < -0.39 is 0 Å². The monoisotopic (exact) mass is 196 g/mol. The number of amides is 2. The fourth-order valence-corrected chi connectivity index (χ4v) is 1.79. The van der Waals surface area contributed by atoms with Crippen molar-refractivity contribution in [2.24, 2.45) is 5.92 Å². The molecule has 2 aliphatic carbocycles. The molecule has 0 bridgehead atoms. The Hall–Kier alpha value is -0.730. The van der Waals surface area contributed by atoms with Crippen LogP contribution in [0.4, 0.5) is 4.79 Å². The molecule has 0 radical (unpaired) electrons. The smallest absolute Gasteiger partial charge is 0.317 e. The van der Waals surface area contributed by atoms with Gasteiger partial charge in [0.1, 0.15) is 0 Å². The van der Waals surface area contributed by atoms with Gasteiger partial charge in [0.2, 0.25) is 0 Å². The lowest BCUT2D eigenvalue weighted by molar-refractivity contribution is 0.186. The van der Waals surface area contributed by atoms with Crippen molar-refractivity contribution >= 4 is 6.03 Å². The molecule has 14 heavy (non-hydrogen) atoms. The molecule has 0 aliphatic heterocycles. The van der Waals surface area contributed by atoms with Crippen molar-refractivity contribution in [3.8, 4) is 0 Å². The Labute approximate surface area is 85.8 Å². The minimum atomic E-state index is 0.157. The molecule has 3 heteroatoms. The van der Waals surface area contributed by atoms with E-state index in [0.717, 1.165) is 19.0 Å². The first-order valence-electron chi connectivity index (χ1n) is 5.85. The zero-order valence-electron chi connectivity index (χ0n) is 8.96. The lowest BCUT2D eigenvalue weighted by Gasteiger charge is -2.30. The second kappa shape index (κ2) is 4.20. The average molecular weight is 196 g/mol. The van der Waals surface area contributed by atoms with Gasteiger partial charge in [-0.25, -0.2) is 4.79 Å². The van der Waals surface area contributed by atoms with E-state index >= 15 is 0 Å². The number of urea groups is 1. The summed E-state index contributed by atoms with van der Waals surface area (Å²) in [5.74, 6) is 0.794. The summed E-state index contributed by atoms with van der Waals surface area (Å²) < 4.78 is 0. The van der Waals surface area contributed by atoms with Crippen molar-refractivity contribution in [1.29, 1.82) is 0 Å². The average Bonchev–Trinajstić information content (AvgIpc) is 2.90. The van der Waals surface area contributed by atoms with Gasteiger partial charge < -0.3 is 10.2 Å². The molecule has 80 valence electrons. The van der Waals surface area contributed by atoms with E-state index in [1.807, 2.05) is 4.90 Å². The van der Waals surface area contributed by atoms with Gasteiger partial charge in [0, 0.05) is 19.1 Å². The van der Waals surface area contributed by atoms with E-state index in [1.165, 1.54) is 32.1 Å². The Bertz CT molecular complexity index is 209. The summed E-state index contributed by atoms with van der Waals surface area (Å²) in [4.78, 5) is 13.7. The SMILES string of the molecule is CCN(CC1CC1)C(=O)NC1CCC1. The van der Waals surface area contributed by atoms with Gasteiger partial charge in [0.25, 0.3) is 0 Å². The third-order valence-corrected chi connectivity index (χ3v) is 3.28. The highest BCUT2D eigenvalue weighted by molar-refractivity contribution is 5.74. The van der Waals surface area contributed by atoms with E-state index in [0.29, 0.717) is 6.04 Å².